The quantitative estimate of drug-likeness (QED) is 0.743. The molecule has 4 heterocycles. The number of halogens is 2. The van der Waals surface area contributed by atoms with Gasteiger partial charge in [-0.25, -0.2) is 4.98 Å². The van der Waals surface area contributed by atoms with E-state index >= 15 is 0 Å². The fourth-order valence-corrected chi connectivity index (χ4v) is 3.73. The van der Waals surface area contributed by atoms with Crippen LogP contribution in [0.15, 0.2) is 30.7 Å². The van der Waals surface area contributed by atoms with Gasteiger partial charge in [0.15, 0.2) is 5.82 Å². The maximum atomic E-state index is 4.73. The maximum absolute atomic E-state index is 4.73. The van der Waals surface area contributed by atoms with E-state index in [4.69, 9.17) is 5.10 Å². The average molecular weight is 393 g/mol. The van der Waals surface area contributed by atoms with Crippen molar-refractivity contribution in [1.82, 2.24) is 29.6 Å². The highest BCUT2D eigenvalue weighted by Gasteiger charge is 2.17. The van der Waals surface area contributed by atoms with Crippen LogP contribution in [0.5, 0.6) is 0 Å². The Balaban J connectivity index is 0.000000980. The standard InChI is InChI=1S/C18H20N6.2ClH/c1-2-14-8-13(10-21-16(14)3-1)12-23-6-5-20-18(23)17-9-15-11-19-4-7-24(15)22-17;;/h5-6,8-10,19H,1-4,7,11-12H2;2*1H. The smallest absolute Gasteiger partial charge is 0.160 e. The molecule has 1 aliphatic carbocycles. The lowest BCUT2D eigenvalue weighted by molar-refractivity contribution is 0.476. The number of nitrogens with zero attached hydrogens (tertiary/aromatic N) is 5. The molecule has 26 heavy (non-hydrogen) atoms. The van der Waals surface area contributed by atoms with E-state index in [1.165, 1.54) is 28.9 Å². The fraction of sp³-hybridized carbons (Fsp3) is 0.389. The number of nitrogens with one attached hydrogen (secondary N) is 1. The number of pyridine rings is 1. The largest absolute Gasteiger partial charge is 0.325 e. The van der Waals surface area contributed by atoms with Crippen LogP contribution >= 0.6 is 24.8 Å². The van der Waals surface area contributed by atoms with E-state index in [0.717, 1.165) is 50.5 Å². The normalized spacial score (nSPS) is 14.9. The first-order valence-corrected chi connectivity index (χ1v) is 8.62. The van der Waals surface area contributed by atoms with E-state index < -0.39 is 0 Å². The summed E-state index contributed by atoms with van der Waals surface area (Å²) in [5.74, 6) is 0.928. The molecule has 0 saturated carbocycles. The molecule has 0 bridgehead atoms. The zero-order valence-electron chi connectivity index (χ0n) is 14.4. The van der Waals surface area contributed by atoms with Crippen molar-refractivity contribution in [2.24, 2.45) is 0 Å². The Bertz CT molecular complexity index is 877. The van der Waals surface area contributed by atoms with Crippen molar-refractivity contribution in [3.05, 3.63) is 53.2 Å². The van der Waals surface area contributed by atoms with Gasteiger partial charge in [0.05, 0.1) is 18.8 Å². The van der Waals surface area contributed by atoms with Gasteiger partial charge in [0.25, 0.3) is 0 Å². The van der Waals surface area contributed by atoms with E-state index in [1.54, 1.807) is 0 Å². The zero-order valence-corrected chi connectivity index (χ0v) is 16.0. The molecule has 0 radical (unpaired) electrons. The Morgan fingerprint density at radius 3 is 2.92 bits per heavy atom. The molecule has 0 aromatic carbocycles. The molecule has 2 aliphatic rings. The second-order valence-electron chi connectivity index (χ2n) is 6.60. The highest BCUT2D eigenvalue weighted by molar-refractivity contribution is 5.85. The lowest BCUT2D eigenvalue weighted by Crippen LogP contribution is -2.28. The number of hydrogen-bond acceptors (Lipinski definition) is 4. The Hall–Kier alpha value is -1.89. The first-order chi connectivity index (χ1) is 11.9. The third kappa shape index (κ3) is 3.37. The highest BCUT2D eigenvalue weighted by Crippen LogP contribution is 2.23. The SMILES string of the molecule is Cl.Cl.c1cn(Cc2cnc3c(c2)CCC3)c(-c2cc3n(n2)CCNC3)n1. The molecular formula is C18H22Cl2N6. The predicted molar refractivity (Wildman–Crippen MR) is 105 cm³/mol. The van der Waals surface area contributed by atoms with E-state index in [9.17, 15) is 0 Å². The second kappa shape index (κ2) is 7.78. The molecule has 1 N–H and O–H groups in total. The van der Waals surface area contributed by atoms with Crippen molar-refractivity contribution in [3.8, 4) is 11.5 Å². The summed E-state index contributed by atoms with van der Waals surface area (Å²) in [6, 6.07) is 4.45. The number of hydrogen-bond donors (Lipinski definition) is 1. The Labute approximate surface area is 164 Å². The number of imidazole rings is 1. The van der Waals surface area contributed by atoms with Crippen molar-refractivity contribution < 1.29 is 0 Å². The molecule has 0 fully saturated rings. The molecule has 0 amide bonds. The van der Waals surface area contributed by atoms with Gasteiger partial charge in [0.1, 0.15) is 5.69 Å². The van der Waals surface area contributed by atoms with Crippen molar-refractivity contribution in [3.63, 3.8) is 0 Å². The van der Waals surface area contributed by atoms with Crippen LogP contribution in [0.3, 0.4) is 0 Å². The summed E-state index contributed by atoms with van der Waals surface area (Å²) >= 11 is 0. The van der Waals surface area contributed by atoms with Crippen molar-refractivity contribution >= 4 is 24.8 Å². The minimum Gasteiger partial charge on any atom is -0.325 e. The minimum atomic E-state index is 0. The molecule has 3 aromatic heterocycles. The van der Waals surface area contributed by atoms with Crippen molar-refractivity contribution in [2.45, 2.75) is 38.9 Å². The Morgan fingerprint density at radius 1 is 1.12 bits per heavy atom. The molecular weight excluding hydrogens is 371 g/mol. The van der Waals surface area contributed by atoms with Gasteiger partial charge in [-0.3, -0.25) is 9.67 Å². The predicted octanol–water partition coefficient (Wildman–Crippen LogP) is 2.63. The van der Waals surface area contributed by atoms with Crippen molar-refractivity contribution in [1.29, 1.82) is 0 Å². The summed E-state index contributed by atoms with van der Waals surface area (Å²) < 4.78 is 4.25. The van der Waals surface area contributed by atoms with Crippen molar-refractivity contribution in [2.75, 3.05) is 6.54 Å². The molecule has 0 saturated heterocycles. The van der Waals surface area contributed by atoms with E-state index in [-0.39, 0.29) is 24.8 Å². The number of aryl methyl sites for hydroxylation is 2. The Kier molecular flexibility index (Phi) is 5.65. The van der Waals surface area contributed by atoms with Crippen LogP contribution in [0.2, 0.25) is 0 Å². The van der Waals surface area contributed by atoms with Gasteiger partial charge >= 0.3 is 0 Å². The number of aromatic nitrogens is 5. The zero-order chi connectivity index (χ0) is 15.9. The van der Waals surface area contributed by atoms with Gasteiger partial charge in [-0.1, -0.05) is 6.07 Å². The van der Waals surface area contributed by atoms with E-state index in [1.807, 2.05) is 18.6 Å². The van der Waals surface area contributed by atoms with Gasteiger partial charge in [-0.05, 0) is 36.5 Å². The van der Waals surface area contributed by atoms with Gasteiger partial charge in [0, 0.05) is 37.4 Å². The van der Waals surface area contributed by atoms with Gasteiger partial charge < -0.3 is 9.88 Å². The highest BCUT2D eigenvalue weighted by atomic mass is 35.5. The molecule has 0 unspecified atom stereocenters. The van der Waals surface area contributed by atoms with Gasteiger partial charge in [-0.2, -0.15) is 5.10 Å². The second-order valence-corrected chi connectivity index (χ2v) is 6.60. The van der Waals surface area contributed by atoms with Crippen LogP contribution in [0.1, 0.15) is 28.9 Å². The molecule has 138 valence electrons. The third-order valence-electron chi connectivity index (χ3n) is 4.94. The summed E-state index contributed by atoms with van der Waals surface area (Å²) in [7, 11) is 0. The summed E-state index contributed by atoms with van der Waals surface area (Å²) in [6.07, 6.45) is 9.41. The Morgan fingerprint density at radius 2 is 2.04 bits per heavy atom. The van der Waals surface area contributed by atoms with Crippen LogP contribution in [-0.2, 0) is 32.5 Å². The van der Waals surface area contributed by atoms with Crippen LogP contribution in [-0.4, -0.2) is 30.9 Å². The lowest BCUT2D eigenvalue weighted by atomic mass is 10.1. The molecule has 3 aromatic rings. The average Bonchev–Trinajstić information content (AvgIpc) is 3.33. The number of fused-ring (bicyclic) bond motifs is 2. The van der Waals surface area contributed by atoms with Crippen LogP contribution in [0, 0.1) is 0 Å². The van der Waals surface area contributed by atoms with E-state index in [0.29, 0.717) is 0 Å². The first kappa shape index (κ1) is 18.9. The molecule has 0 spiro atoms. The number of rotatable bonds is 3. The van der Waals surface area contributed by atoms with Crippen LogP contribution < -0.4 is 5.32 Å². The molecule has 0 atom stereocenters. The summed E-state index contributed by atoms with van der Waals surface area (Å²) in [6.45, 7) is 3.56. The van der Waals surface area contributed by atoms with Gasteiger partial charge in [0.2, 0.25) is 0 Å². The molecule has 5 rings (SSSR count). The van der Waals surface area contributed by atoms with Gasteiger partial charge in [-0.15, -0.1) is 24.8 Å². The first-order valence-electron chi connectivity index (χ1n) is 8.62. The monoisotopic (exact) mass is 392 g/mol. The maximum Gasteiger partial charge on any atom is 0.160 e. The summed E-state index contributed by atoms with van der Waals surface area (Å²) in [5, 5.41) is 8.11. The molecule has 1 aliphatic heterocycles. The van der Waals surface area contributed by atoms with Crippen LogP contribution in [0.4, 0.5) is 0 Å². The lowest BCUT2D eigenvalue weighted by Gasteiger charge is -2.13. The third-order valence-corrected chi connectivity index (χ3v) is 4.94. The minimum absolute atomic E-state index is 0. The molecule has 8 heteroatoms. The van der Waals surface area contributed by atoms with Crippen LogP contribution in [0.25, 0.3) is 11.5 Å². The topological polar surface area (TPSA) is 60.6 Å². The summed E-state index contributed by atoms with van der Waals surface area (Å²) in [5.41, 5.74) is 6.11. The summed E-state index contributed by atoms with van der Waals surface area (Å²) in [4.78, 5) is 9.18. The molecule has 6 nitrogen and oxygen atoms in total. The fourth-order valence-electron chi connectivity index (χ4n) is 3.73. The van der Waals surface area contributed by atoms with E-state index in [2.05, 4.69) is 36.7 Å².